The van der Waals surface area contributed by atoms with E-state index < -0.39 is 0 Å². The second-order valence-electron chi connectivity index (χ2n) is 9.37. The average Bonchev–Trinajstić information content (AvgIpc) is 3.14. The molecule has 0 amide bonds. The minimum atomic E-state index is 0.441. The summed E-state index contributed by atoms with van der Waals surface area (Å²) in [5.41, 5.74) is 9.03. The highest BCUT2D eigenvalue weighted by molar-refractivity contribution is 5.63. The number of hydrogen-bond donors (Lipinski definition) is 0. The molecule has 2 aromatic carbocycles. The van der Waals surface area contributed by atoms with E-state index in [4.69, 9.17) is 0 Å². The normalized spacial score (nSPS) is 11.5. The molecule has 2 aromatic heterocycles. The van der Waals surface area contributed by atoms with E-state index in [0.717, 1.165) is 0 Å². The van der Waals surface area contributed by atoms with Crippen LogP contribution < -0.4 is 9.13 Å². The molecule has 0 fully saturated rings. The van der Waals surface area contributed by atoms with Gasteiger partial charge in [0.2, 0.25) is 5.69 Å². The van der Waals surface area contributed by atoms with Crippen molar-refractivity contribution in [2.75, 3.05) is 0 Å². The number of nitrogens with zero attached hydrogens (tertiary/aromatic N) is 3. The highest BCUT2D eigenvalue weighted by Crippen LogP contribution is 2.33. The van der Waals surface area contributed by atoms with Gasteiger partial charge in [0, 0.05) is 28.8 Å². The van der Waals surface area contributed by atoms with E-state index in [9.17, 15) is 0 Å². The van der Waals surface area contributed by atoms with Gasteiger partial charge >= 0.3 is 5.82 Å². The maximum Gasteiger partial charge on any atom is 0.359 e. The molecule has 0 saturated carbocycles. The van der Waals surface area contributed by atoms with Crippen molar-refractivity contribution in [3.8, 4) is 28.5 Å². The van der Waals surface area contributed by atoms with Crippen molar-refractivity contribution in [1.82, 2.24) is 4.57 Å². The van der Waals surface area contributed by atoms with E-state index >= 15 is 0 Å². The van der Waals surface area contributed by atoms with Crippen molar-refractivity contribution < 1.29 is 9.13 Å². The summed E-state index contributed by atoms with van der Waals surface area (Å²) < 4.78 is 6.95. The molecule has 0 bridgehead atoms. The summed E-state index contributed by atoms with van der Waals surface area (Å²) in [6.45, 7) is 11.3. The van der Waals surface area contributed by atoms with Gasteiger partial charge in [-0.05, 0) is 36.5 Å². The molecule has 32 heavy (non-hydrogen) atoms. The van der Waals surface area contributed by atoms with E-state index in [-0.39, 0.29) is 0 Å². The average molecular weight is 426 g/mol. The zero-order valence-electron chi connectivity index (χ0n) is 20.4. The lowest BCUT2D eigenvalue weighted by Crippen LogP contribution is -2.40. The molecular weight excluding hydrogens is 390 g/mol. The fraction of sp³-hybridized carbons (Fsp3) is 0.310. The first-order valence-electron chi connectivity index (χ1n) is 11.6. The molecule has 0 spiro atoms. The van der Waals surface area contributed by atoms with Crippen molar-refractivity contribution in [2.45, 2.75) is 46.5 Å². The van der Waals surface area contributed by atoms with Crippen molar-refractivity contribution >= 4 is 0 Å². The van der Waals surface area contributed by atoms with Crippen LogP contribution in [0.15, 0.2) is 73.1 Å². The lowest BCUT2D eigenvalue weighted by atomic mass is 9.92. The molecule has 0 atom stereocenters. The van der Waals surface area contributed by atoms with E-state index in [1.165, 1.54) is 45.2 Å². The first kappa shape index (κ1) is 22.0. The van der Waals surface area contributed by atoms with Crippen LogP contribution in [0.5, 0.6) is 0 Å². The third kappa shape index (κ3) is 3.77. The highest BCUT2D eigenvalue weighted by Gasteiger charge is 2.31. The molecule has 4 aromatic rings. The number of aryl methyl sites for hydroxylation is 2. The zero-order chi connectivity index (χ0) is 23.0. The summed E-state index contributed by atoms with van der Waals surface area (Å²) in [6.07, 6.45) is 4.37. The van der Waals surface area contributed by atoms with Crippen molar-refractivity contribution in [3.63, 3.8) is 0 Å². The maximum atomic E-state index is 2.39. The number of benzene rings is 2. The smallest absolute Gasteiger partial charge is 0.227 e. The lowest BCUT2D eigenvalue weighted by Gasteiger charge is -2.17. The summed E-state index contributed by atoms with van der Waals surface area (Å²) >= 11 is 0. The maximum absolute atomic E-state index is 2.39. The van der Waals surface area contributed by atoms with Crippen LogP contribution in [0.4, 0.5) is 0 Å². The molecule has 0 aliphatic heterocycles. The molecule has 0 radical (unpaired) electrons. The summed E-state index contributed by atoms with van der Waals surface area (Å²) in [5.74, 6) is 2.06. The highest BCUT2D eigenvalue weighted by atomic mass is 15.2. The van der Waals surface area contributed by atoms with E-state index in [2.05, 4.69) is 135 Å². The Labute approximate surface area is 192 Å². The number of para-hydroxylation sites is 1. The number of rotatable bonds is 5. The molecule has 3 heteroatoms. The van der Waals surface area contributed by atoms with Gasteiger partial charge in [-0.1, -0.05) is 64.1 Å². The van der Waals surface area contributed by atoms with Gasteiger partial charge < -0.3 is 0 Å². The molecule has 0 unspecified atom stereocenters. The first-order valence-corrected chi connectivity index (χ1v) is 11.6. The Bertz CT molecular complexity index is 1240. The molecule has 4 rings (SSSR count). The molecule has 0 aliphatic carbocycles. The Morgan fingerprint density at radius 3 is 1.94 bits per heavy atom. The van der Waals surface area contributed by atoms with Crippen molar-refractivity contribution in [3.05, 3.63) is 89.7 Å². The predicted octanol–water partition coefficient (Wildman–Crippen LogP) is 6.02. The monoisotopic (exact) mass is 425 g/mol. The minimum Gasteiger partial charge on any atom is -0.227 e. The Morgan fingerprint density at radius 1 is 0.719 bits per heavy atom. The Kier molecular flexibility index (Phi) is 6.01. The van der Waals surface area contributed by atoms with Crippen LogP contribution in [-0.4, -0.2) is 4.57 Å². The lowest BCUT2D eigenvalue weighted by molar-refractivity contribution is -0.685. The van der Waals surface area contributed by atoms with Gasteiger partial charge in [0.15, 0.2) is 0 Å². The van der Waals surface area contributed by atoms with Gasteiger partial charge in [0.1, 0.15) is 25.1 Å². The van der Waals surface area contributed by atoms with Gasteiger partial charge in [0.25, 0.3) is 5.69 Å². The van der Waals surface area contributed by atoms with Crippen molar-refractivity contribution in [2.24, 2.45) is 14.1 Å². The number of aromatic nitrogens is 3. The zero-order valence-corrected chi connectivity index (χ0v) is 20.4. The summed E-state index contributed by atoms with van der Waals surface area (Å²) in [4.78, 5) is 0. The van der Waals surface area contributed by atoms with Gasteiger partial charge in [-0.2, -0.15) is 9.13 Å². The van der Waals surface area contributed by atoms with Gasteiger partial charge in [-0.3, -0.25) is 0 Å². The largest absolute Gasteiger partial charge is 0.359 e. The van der Waals surface area contributed by atoms with Crippen LogP contribution in [0.1, 0.15) is 56.2 Å². The van der Waals surface area contributed by atoms with Crippen molar-refractivity contribution in [1.29, 1.82) is 0 Å². The SMILES string of the molecule is Cc1ccccc1-c1cccc(-c2n(-c3c(C(C)C)cccc3C(C)C)cc[n+]2C)[n+]1C. The van der Waals surface area contributed by atoms with Crippen LogP contribution in [0.25, 0.3) is 28.5 Å². The molecule has 164 valence electrons. The number of hydrogen-bond acceptors (Lipinski definition) is 0. The number of pyridine rings is 1. The standard InChI is InChI=1S/C29H35N3/c1-20(2)23-14-10-15-24(21(3)4)28(23)32-19-18-30(6)29(32)27-17-11-16-26(31(27)7)25-13-9-8-12-22(25)5/h8-21H,1-7H3/q+2. The summed E-state index contributed by atoms with van der Waals surface area (Å²) in [7, 11) is 4.31. The van der Waals surface area contributed by atoms with Gasteiger partial charge in [0.05, 0.1) is 7.05 Å². The molecule has 3 nitrogen and oxygen atoms in total. The Balaban J connectivity index is 2.00. The van der Waals surface area contributed by atoms with Gasteiger partial charge in [-0.25, -0.2) is 4.57 Å². The fourth-order valence-electron chi connectivity index (χ4n) is 4.69. The third-order valence-electron chi connectivity index (χ3n) is 6.47. The predicted molar refractivity (Wildman–Crippen MR) is 132 cm³/mol. The van der Waals surface area contributed by atoms with Crippen LogP contribution >= 0.6 is 0 Å². The van der Waals surface area contributed by atoms with Crippen LogP contribution in [0.2, 0.25) is 0 Å². The topological polar surface area (TPSA) is 12.7 Å². The fourth-order valence-corrected chi connectivity index (χ4v) is 4.69. The second kappa shape index (κ2) is 8.74. The van der Waals surface area contributed by atoms with E-state index in [0.29, 0.717) is 11.8 Å². The first-order chi connectivity index (χ1) is 15.3. The molecular formula is C29H35N3+2. The Hall–Kier alpha value is -3.20. The van der Waals surface area contributed by atoms with Crippen LogP contribution in [-0.2, 0) is 14.1 Å². The summed E-state index contributed by atoms with van der Waals surface area (Å²) in [6, 6.07) is 22.0. The molecule has 0 N–H and O–H groups in total. The minimum absolute atomic E-state index is 0.441. The van der Waals surface area contributed by atoms with E-state index in [1.807, 2.05) is 0 Å². The van der Waals surface area contributed by atoms with Crippen LogP contribution in [0.3, 0.4) is 0 Å². The second-order valence-corrected chi connectivity index (χ2v) is 9.37. The quantitative estimate of drug-likeness (QED) is 0.347. The Morgan fingerprint density at radius 2 is 1.31 bits per heavy atom. The van der Waals surface area contributed by atoms with E-state index in [1.54, 1.807) is 0 Å². The molecule has 0 saturated heterocycles. The van der Waals surface area contributed by atoms with Gasteiger partial charge in [-0.15, -0.1) is 0 Å². The summed E-state index contributed by atoms with van der Waals surface area (Å²) in [5, 5.41) is 0. The van der Waals surface area contributed by atoms with Crippen LogP contribution in [0, 0.1) is 6.92 Å². The number of imidazole rings is 1. The third-order valence-corrected chi connectivity index (χ3v) is 6.47. The molecule has 2 heterocycles. The molecule has 0 aliphatic rings.